The Morgan fingerprint density at radius 2 is 1.75 bits per heavy atom. The van der Waals surface area contributed by atoms with E-state index in [-0.39, 0.29) is 0 Å². The number of hydrogen-bond acceptors (Lipinski definition) is 6. The average molecular weight is 518 g/mol. The second kappa shape index (κ2) is 8.76. The minimum atomic E-state index is 0.500. The molecule has 0 aliphatic carbocycles. The van der Waals surface area contributed by atoms with Crippen LogP contribution in [0.15, 0.2) is 80.6 Å². The molecule has 4 aromatic rings. The van der Waals surface area contributed by atoms with E-state index in [9.17, 15) is 0 Å². The fourth-order valence-electron chi connectivity index (χ4n) is 2.49. The summed E-state index contributed by atoms with van der Waals surface area (Å²) in [6.45, 7) is 0.500. The normalized spacial score (nSPS) is 11.6. The highest BCUT2D eigenvalue weighted by Crippen LogP contribution is 2.26. The van der Waals surface area contributed by atoms with Crippen molar-refractivity contribution in [3.05, 3.63) is 81.1 Å². The van der Waals surface area contributed by atoms with Crippen molar-refractivity contribution in [2.24, 2.45) is 5.10 Å². The summed E-state index contributed by atoms with van der Waals surface area (Å²) in [5.74, 6) is 0. The molecule has 0 bridgehead atoms. The molecule has 0 amide bonds. The van der Waals surface area contributed by atoms with E-state index in [0.29, 0.717) is 6.54 Å². The molecular formula is C19H14Br2N6S. The highest BCUT2D eigenvalue weighted by molar-refractivity contribution is 9.10. The Morgan fingerprint density at radius 1 is 1.04 bits per heavy atom. The van der Waals surface area contributed by atoms with E-state index >= 15 is 0 Å². The van der Waals surface area contributed by atoms with E-state index in [1.807, 2.05) is 53.9 Å². The van der Waals surface area contributed by atoms with Crippen molar-refractivity contribution in [3.8, 4) is 11.3 Å². The van der Waals surface area contributed by atoms with Gasteiger partial charge in [-0.1, -0.05) is 56.1 Å². The fourth-order valence-corrected chi connectivity index (χ4v) is 3.69. The third kappa shape index (κ3) is 4.73. The summed E-state index contributed by atoms with van der Waals surface area (Å²) in [5.41, 5.74) is 6.89. The Labute approximate surface area is 182 Å². The van der Waals surface area contributed by atoms with Crippen molar-refractivity contribution in [1.82, 2.24) is 19.7 Å². The molecule has 1 N–H and O–H groups in total. The lowest BCUT2D eigenvalue weighted by atomic mass is 10.1. The lowest BCUT2D eigenvalue weighted by Crippen LogP contribution is -2.14. The summed E-state index contributed by atoms with van der Waals surface area (Å²) < 4.78 is 3.79. The molecule has 0 saturated carbocycles. The van der Waals surface area contributed by atoms with Gasteiger partial charge in [0.1, 0.15) is 12.7 Å². The van der Waals surface area contributed by atoms with Gasteiger partial charge < -0.3 is 0 Å². The van der Waals surface area contributed by atoms with E-state index < -0.39 is 0 Å². The van der Waals surface area contributed by atoms with Crippen LogP contribution in [-0.2, 0) is 6.54 Å². The van der Waals surface area contributed by atoms with Gasteiger partial charge in [-0.15, -0.1) is 11.3 Å². The van der Waals surface area contributed by atoms with Crippen LogP contribution in [0.5, 0.6) is 0 Å². The number of aromatic nitrogens is 4. The molecule has 2 aromatic heterocycles. The number of benzene rings is 2. The molecule has 0 aliphatic heterocycles. The first kappa shape index (κ1) is 19.0. The van der Waals surface area contributed by atoms with Gasteiger partial charge in [-0.05, 0) is 29.8 Å². The van der Waals surface area contributed by atoms with Crippen molar-refractivity contribution >= 4 is 54.0 Å². The molecule has 0 fully saturated rings. The maximum atomic E-state index is 4.63. The molecule has 2 heterocycles. The smallest absolute Gasteiger partial charge is 0.203 e. The van der Waals surface area contributed by atoms with Crippen LogP contribution >= 0.6 is 43.2 Å². The van der Waals surface area contributed by atoms with Gasteiger partial charge in [-0.25, -0.2) is 14.6 Å². The predicted octanol–water partition coefficient (Wildman–Crippen LogP) is 5.44. The number of anilines is 1. The maximum absolute atomic E-state index is 4.63. The van der Waals surface area contributed by atoms with Crippen molar-refractivity contribution in [2.75, 3.05) is 5.43 Å². The van der Waals surface area contributed by atoms with Crippen molar-refractivity contribution in [1.29, 1.82) is 0 Å². The topological polar surface area (TPSA) is 68.0 Å². The number of nitrogens with one attached hydrogen (secondary N) is 1. The number of hydrogen-bond donors (Lipinski definition) is 1. The Kier molecular flexibility index (Phi) is 5.94. The Morgan fingerprint density at radius 3 is 2.43 bits per heavy atom. The van der Waals surface area contributed by atoms with E-state index in [0.717, 1.165) is 36.6 Å². The van der Waals surface area contributed by atoms with Gasteiger partial charge in [0.25, 0.3) is 0 Å². The molecule has 0 aliphatic rings. The van der Waals surface area contributed by atoms with Crippen molar-refractivity contribution in [2.45, 2.75) is 6.54 Å². The highest BCUT2D eigenvalue weighted by Gasteiger charge is 2.08. The van der Waals surface area contributed by atoms with Crippen molar-refractivity contribution < 1.29 is 0 Å². The lowest BCUT2D eigenvalue weighted by Gasteiger charge is -2.07. The van der Waals surface area contributed by atoms with Gasteiger partial charge >= 0.3 is 0 Å². The van der Waals surface area contributed by atoms with Gasteiger partial charge in [0.2, 0.25) is 5.13 Å². The van der Waals surface area contributed by atoms with Crippen LogP contribution in [0.4, 0.5) is 5.13 Å². The molecule has 28 heavy (non-hydrogen) atoms. The number of rotatable bonds is 6. The summed E-state index contributed by atoms with van der Waals surface area (Å²) in [7, 11) is 0. The van der Waals surface area contributed by atoms with Crippen LogP contribution in [0.1, 0.15) is 5.56 Å². The third-order valence-electron chi connectivity index (χ3n) is 3.89. The van der Waals surface area contributed by atoms with Gasteiger partial charge in [0.15, 0.2) is 0 Å². The second-order valence-corrected chi connectivity index (χ2v) is 8.50. The Bertz CT molecular complexity index is 1070. The summed E-state index contributed by atoms with van der Waals surface area (Å²) in [6, 6.07) is 16.1. The zero-order valence-electron chi connectivity index (χ0n) is 14.5. The Hall–Kier alpha value is -2.36. The molecule has 0 atom stereocenters. The molecule has 9 heteroatoms. The summed E-state index contributed by atoms with van der Waals surface area (Å²) in [6.07, 6.45) is 3.18. The van der Waals surface area contributed by atoms with Crippen LogP contribution in [0.3, 0.4) is 0 Å². The third-order valence-corrected chi connectivity index (χ3v) is 5.69. The first-order valence-electron chi connectivity index (χ1n) is 8.30. The highest BCUT2D eigenvalue weighted by atomic mass is 79.9. The van der Waals surface area contributed by atoms with E-state index in [1.54, 1.807) is 11.0 Å². The quantitative estimate of drug-likeness (QED) is 0.273. The first-order chi connectivity index (χ1) is 13.7. The molecule has 2 aromatic carbocycles. The van der Waals surface area contributed by atoms with Gasteiger partial charge in [-0.3, -0.25) is 5.43 Å². The minimum absolute atomic E-state index is 0.500. The molecular weight excluding hydrogens is 504 g/mol. The van der Waals surface area contributed by atoms with Crippen LogP contribution in [0.25, 0.3) is 11.3 Å². The zero-order valence-corrected chi connectivity index (χ0v) is 18.4. The largest absolute Gasteiger partial charge is 0.252 e. The molecule has 4 rings (SSSR count). The number of hydrazone groups is 1. The maximum Gasteiger partial charge on any atom is 0.203 e. The first-order valence-corrected chi connectivity index (χ1v) is 10.8. The molecule has 140 valence electrons. The van der Waals surface area contributed by atoms with E-state index in [4.69, 9.17) is 0 Å². The molecule has 6 nitrogen and oxygen atoms in total. The predicted molar refractivity (Wildman–Crippen MR) is 120 cm³/mol. The zero-order chi connectivity index (χ0) is 19.3. The second-order valence-electron chi connectivity index (χ2n) is 5.82. The lowest BCUT2D eigenvalue weighted by molar-refractivity contribution is 0.721. The number of halogens is 2. The molecule has 0 radical (unpaired) electrons. The average Bonchev–Trinajstić information content (AvgIpc) is 3.38. The Balaban J connectivity index is 1.56. The number of thiazole rings is 1. The van der Waals surface area contributed by atoms with Crippen LogP contribution < -0.4 is 5.43 Å². The minimum Gasteiger partial charge on any atom is -0.252 e. The SMILES string of the molecule is Brc1ccc(/C(Cn2cncn2)=N\Nc2nc(-c3ccc(Br)cc3)cs2)cc1. The van der Waals surface area contributed by atoms with Crippen LogP contribution in [0.2, 0.25) is 0 Å². The molecule has 0 saturated heterocycles. The molecule has 0 unspecified atom stereocenters. The van der Waals surface area contributed by atoms with Gasteiger partial charge in [0.05, 0.1) is 18.0 Å². The monoisotopic (exact) mass is 516 g/mol. The van der Waals surface area contributed by atoms with Crippen LogP contribution in [-0.4, -0.2) is 25.5 Å². The van der Waals surface area contributed by atoms with Crippen LogP contribution in [0, 0.1) is 0 Å². The molecule has 0 spiro atoms. The van der Waals surface area contributed by atoms with Crippen molar-refractivity contribution in [3.63, 3.8) is 0 Å². The number of nitrogens with zero attached hydrogens (tertiary/aromatic N) is 5. The standard InChI is InChI=1S/C19H14Br2N6S/c20-15-5-1-13(2-6-15)17(9-27-12-22-11-23-27)25-26-19-24-18(10-28-19)14-3-7-16(21)8-4-14/h1-8,10-12H,9H2,(H,24,26)/b25-17-. The van der Waals surface area contributed by atoms with Gasteiger partial charge in [-0.2, -0.15) is 10.2 Å². The van der Waals surface area contributed by atoms with E-state index in [1.165, 1.54) is 17.7 Å². The van der Waals surface area contributed by atoms with Gasteiger partial charge in [0, 0.05) is 19.9 Å². The van der Waals surface area contributed by atoms with E-state index in [2.05, 4.69) is 57.5 Å². The fraction of sp³-hybridized carbons (Fsp3) is 0.0526. The summed E-state index contributed by atoms with van der Waals surface area (Å²) in [5, 5.41) is 11.5. The summed E-state index contributed by atoms with van der Waals surface area (Å²) in [4.78, 5) is 8.63. The summed E-state index contributed by atoms with van der Waals surface area (Å²) >= 11 is 8.43.